The van der Waals surface area contributed by atoms with Crippen molar-refractivity contribution in [1.82, 2.24) is 4.98 Å². The molecule has 1 aliphatic heterocycles. The maximum absolute atomic E-state index is 12.4. The van der Waals surface area contributed by atoms with E-state index in [0.29, 0.717) is 16.6 Å². The largest absolute Gasteiger partial charge is 0.491 e. The summed E-state index contributed by atoms with van der Waals surface area (Å²) in [5.74, 6) is 0.634. The quantitative estimate of drug-likeness (QED) is 0.646. The third-order valence-corrected chi connectivity index (χ3v) is 4.85. The summed E-state index contributed by atoms with van der Waals surface area (Å²) in [6.07, 6.45) is 0.956. The predicted octanol–water partition coefficient (Wildman–Crippen LogP) is 4.33. The number of benzene rings is 1. The fourth-order valence-electron chi connectivity index (χ4n) is 2.56. The zero-order chi connectivity index (χ0) is 15.8. The number of hydrogen-bond donors (Lipinski definition) is 3. The summed E-state index contributed by atoms with van der Waals surface area (Å²) in [5, 5.41) is 7.15. The summed E-state index contributed by atoms with van der Waals surface area (Å²) in [7, 11) is 0. The van der Waals surface area contributed by atoms with Gasteiger partial charge in [0, 0.05) is 17.6 Å². The van der Waals surface area contributed by atoms with E-state index in [0.717, 1.165) is 40.3 Å². The van der Waals surface area contributed by atoms with Crippen LogP contribution in [0.3, 0.4) is 0 Å². The van der Waals surface area contributed by atoms with E-state index in [9.17, 15) is 4.79 Å². The lowest BCUT2D eigenvalue weighted by Gasteiger charge is -2.10. The van der Waals surface area contributed by atoms with Crippen LogP contribution in [-0.4, -0.2) is 24.0 Å². The van der Waals surface area contributed by atoms with Crippen molar-refractivity contribution in [2.45, 2.75) is 6.42 Å². The van der Waals surface area contributed by atoms with Crippen molar-refractivity contribution < 1.29 is 9.53 Å². The SMILES string of the molecule is O=C(Nc1ccc2c(c1)NCCCO2)c1cc2cc(Cl)sc2[nH]1. The van der Waals surface area contributed by atoms with Gasteiger partial charge in [-0.05, 0) is 36.8 Å². The van der Waals surface area contributed by atoms with Crippen LogP contribution < -0.4 is 15.4 Å². The highest BCUT2D eigenvalue weighted by Gasteiger charge is 2.14. The average molecular weight is 348 g/mol. The number of H-pyrrole nitrogens is 1. The van der Waals surface area contributed by atoms with Gasteiger partial charge in [0.1, 0.15) is 16.3 Å². The number of halogens is 1. The molecule has 3 N–H and O–H groups in total. The minimum atomic E-state index is -0.181. The van der Waals surface area contributed by atoms with Gasteiger partial charge in [0.2, 0.25) is 0 Å². The van der Waals surface area contributed by atoms with Crippen LogP contribution in [0.1, 0.15) is 16.9 Å². The number of aromatic nitrogens is 1. The molecule has 0 unspecified atom stereocenters. The molecule has 3 aromatic rings. The zero-order valence-electron chi connectivity index (χ0n) is 12.1. The van der Waals surface area contributed by atoms with Crippen LogP contribution in [0.5, 0.6) is 5.75 Å². The molecule has 0 radical (unpaired) electrons. The van der Waals surface area contributed by atoms with Crippen LogP contribution in [-0.2, 0) is 0 Å². The Hall–Kier alpha value is -2.18. The molecule has 0 atom stereocenters. The molecule has 1 aliphatic rings. The molecule has 0 bridgehead atoms. The minimum Gasteiger partial charge on any atom is -0.491 e. The Morgan fingerprint density at radius 3 is 3.09 bits per heavy atom. The fraction of sp³-hybridized carbons (Fsp3) is 0.188. The minimum absolute atomic E-state index is 0.181. The van der Waals surface area contributed by atoms with Gasteiger partial charge in [-0.15, -0.1) is 11.3 Å². The molecule has 1 aromatic carbocycles. The summed E-state index contributed by atoms with van der Waals surface area (Å²) in [4.78, 5) is 16.4. The Labute approximate surface area is 141 Å². The van der Waals surface area contributed by atoms with Crippen molar-refractivity contribution in [2.75, 3.05) is 23.8 Å². The summed E-state index contributed by atoms with van der Waals surface area (Å²) < 4.78 is 6.34. The Kier molecular flexibility index (Phi) is 3.63. The highest BCUT2D eigenvalue weighted by Crippen LogP contribution is 2.31. The van der Waals surface area contributed by atoms with E-state index in [1.54, 1.807) is 6.07 Å². The van der Waals surface area contributed by atoms with Gasteiger partial charge in [-0.1, -0.05) is 11.6 Å². The molecule has 118 valence electrons. The fourth-order valence-corrected chi connectivity index (χ4v) is 3.69. The number of anilines is 2. The molecule has 5 nitrogen and oxygen atoms in total. The third-order valence-electron chi connectivity index (χ3n) is 3.65. The first-order valence-corrected chi connectivity index (χ1v) is 8.48. The lowest BCUT2D eigenvalue weighted by Crippen LogP contribution is -2.12. The molecule has 23 heavy (non-hydrogen) atoms. The highest BCUT2D eigenvalue weighted by atomic mass is 35.5. The second-order valence-electron chi connectivity index (χ2n) is 5.31. The zero-order valence-corrected chi connectivity index (χ0v) is 13.7. The van der Waals surface area contributed by atoms with E-state index >= 15 is 0 Å². The van der Waals surface area contributed by atoms with Crippen LogP contribution in [0, 0.1) is 0 Å². The average Bonchev–Trinajstić information content (AvgIpc) is 2.96. The Morgan fingerprint density at radius 1 is 1.30 bits per heavy atom. The smallest absolute Gasteiger partial charge is 0.272 e. The summed E-state index contributed by atoms with van der Waals surface area (Å²) >= 11 is 7.37. The molecular formula is C16H14ClN3O2S. The van der Waals surface area contributed by atoms with E-state index in [4.69, 9.17) is 16.3 Å². The molecule has 0 aliphatic carbocycles. The number of amides is 1. The van der Waals surface area contributed by atoms with Gasteiger partial charge in [0.05, 0.1) is 16.6 Å². The molecule has 0 fully saturated rings. The van der Waals surface area contributed by atoms with Crippen LogP contribution in [0.15, 0.2) is 30.3 Å². The van der Waals surface area contributed by atoms with Crippen LogP contribution in [0.2, 0.25) is 4.34 Å². The van der Waals surface area contributed by atoms with Gasteiger partial charge in [-0.25, -0.2) is 0 Å². The summed E-state index contributed by atoms with van der Waals surface area (Å²) in [5.41, 5.74) is 2.14. The van der Waals surface area contributed by atoms with Gasteiger partial charge in [-0.2, -0.15) is 0 Å². The number of nitrogens with one attached hydrogen (secondary N) is 3. The topological polar surface area (TPSA) is 66.2 Å². The molecule has 4 rings (SSSR count). The number of carbonyl (C=O) groups excluding carboxylic acids is 1. The number of aromatic amines is 1. The molecular weight excluding hydrogens is 334 g/mol. The van der Waals surface area contributed by atoms with Crippen molar-refractivity contribution in [1.29, 1.82) is 0 Å². The highest BCUT2D eigenvalue weighted by molar-refractivity contribution is 7.22. The lowest BCUT2D eigenvalue weighted by molar-refractivity contribution is 0.102. The van der Waals surface area contributed by atoms with Crippen molar-refractivity contribution >= 4 is 50.4 Å². The Balaban J connectivity index is 1.55. The number of fused-ring (bicyclic) bond motifs is 2. The van der Waals surface area contributed by atoms with E-state index in [2.05, 4.69) is 15.6 Å². The van der Waals surface area contributed by atoms with Crippen LogP contribution in [0.4, 0.5) is 11.4 Å². The van der Waals surface area contributed by atoms with E-state index in [-0.39, 0.29) is 5.91 Å². The number of rotatable bonds is 2. The van der Waals surface area contributed by atoms with Crippen LogP contribution in [0.25, 0.3) is 10.2 Å². The number of ether oxygens (including phenoxy) is 1. The Bertz CT molecular complexity index is 855. The standard InChI is InChI=1S/C16H14ClN3O2S/c17-14-7-9-6-12(20-16(9)23-14)15(21)19-10-2-3-13-11(8-10)18-4-1-5-22-13/h2-3,6-8,18,20H,1,4-5H2,(H,19,21). The maximum atomic E-state index is 12.4. The Morgan fingerprint density at radius 2 is 2.22 bits per heavy atom. The van der Waals surface area contributed by atoms with E-state index < -0.39 is 0 Å². The number of carbonyl (C=O) groups is 1. The van der Waals surface area contributed by atoms with Gasteiger partial charge in [0.25, 0.3) is 5.91 Å². The van der Waals surface area contributed by atoms with E-state index in [1.807, 2.05) is 24.3 Å². The second-order valence-corrected chi connectivity index (χ2v) is 7.00. The molecule has 7 heteroatoms. The summed E-state index contributed by atoms with van der Waals surface area (Å²) in [6.45, 7) is 1.56. The van der Waals surface area contributed by atoms with Gasteiger partial charge in [0.15, 0.2) is 0 Å². The maximum Gasteiger partial charge on any atom is 0.272 e. The van der Waals surface area contributed by atoms with Crippen molar-refractivity contribution in [3.8, 4) is 5.75 Å². The normalized spacial score (nSPS) is 13.8. The molecule has 3 heterocycles. The second kappa shape index (κ2) is 5.79. The van der Waals surface area contributed by atoms with Gasteiger partial charge < -0.3 is 20.4 Å². The molecule has 0 saturated carbocycles. The van der Waals surface area contributed by atoms with Crippen molar-refractivity contribution in [2.24, 2.45) is 0 Å². The molecule has 2 aromatic heterocycles. The monoisotopic (exact) mass is 347 g/mol. The summed E-state index contributed by atoms with van der Waals surface area (Å²) in [6, 6.07) is 9.25. The lowest BCUT2D eigenvalue weighted by atomic mass is 10.2. The molecule has 1 amide bonds. The molecule has 0 spiro atoms. The van der Waals surface area contributed by atoms with Crippen LogP contribution >= 0.6 is 22.9 Å². The first-order chi connectivity index (χ1) is 11.2. The number of thiophene rings is 1. The van der Waals surface area contributed by atoms with Crippen molar-refractivity contribution in [3.63, 3.8) is 0 Å². The first kappa shape index (κ1) is 14.4. The predicted molar refractivity (Wildman–Crippen MR) is 94.2 cm³/mol. The van der Waals surface area contributed by atoms with Crippen molar-refractivity contribution in [3.05, 3.63) is 40.4 Å². The first-order valence-electron chi connectivity index (χ1n) is 7.29. The van der Waals surface area contributed by atoms with Gasteiger partial charge in [-0.3, -0.25) is 4.79 Å². The molecule has 0 saturated heterocycles. The third kappa shape index (κ3) is 2.87. The van der Waals surface area contributed by atoms with E-state index in [1.165, 1.54) is 11.3 Å². The van der Waals surface area contributed by atoms with Gasteiger partial charge >= 0.3 is 0 Å². The number of hydrogen-bond acceptors (Lipinski definition) is 4.